The van der Waals surface area contributed by atoms with Crippen molar-refractivity contribution in [3.8, 4) is 5.75 Å². The summed E-state index contributed by atoms with van der Waals surface area (Å²) in [6, 6.07) is 7.69. The van der Waals surface area contributed by atoms with Crippen molar-refractivity contribution in [1.82, 2.24) is 24.0 Å². The average Bonchev–Trinajstić information content (AvgIpc) is 3.37. The normalized spacial score (nSPS) is 15.5. The zero-order valence-corrected chi connectivity index (χ0v) is 17.0. The van der Waals surface area contributed by atoms with Crippen LogP contribution in [-0.2, 0) is 23.2 Å². The van der Waals surface area contributed by atoms with E-state index in [2.05, 4.69) is 15.1 Å². The molecule has 9 nitrogen and oxygen atoms in total. The van der Waals surface area contributed by atoms with Gasteiger partial charge in [-0.3, -0.25) is 0 Å². The van der Waals surface area contributed by atoms with E-state index in [0.29, 0.717) is 24.8 Å². The number of piperidine rings is 1. The van der Waals surface area contributed by atoms with E-state index >= 15 is 0 Å². The summed E-state index contributed by atoms with van der Waals surface area (Å²) in [6.45, 7) is 3.50. The van der Waals surface area contributed by atoms with E-state index in [-0.39, 0.29) is 18.2 Å². The number of hydrogen-bond acceptors (Lipinski definition) is 7. The number of sulfonamides is 1. The van der Waals surface area contributed by atoms with Crippen LogP contribution in [0.3, 0.4) is 0 Å². The van der Waals surface area contributed by atoms with E-state index in [1.807, 2.05) is 31.2 Å². The van der Waals surface area contributed by atoms with Crippen LogP contribution >= 0.6 is 0 Å². The summed E-state index contributed by atoms with van der Waals surface area (Å²) in [4.78, 5) is 8.37. The van der Waals surface area contributed by atoms with Crippen molar-refractivity contribution in [2.75, 3.05) is 13.1 Å². The largest absolute Gasteiger partial charge is 0.484 e. The predicted octanol–water partition coefficient (Wildman–Crippen LogP) is 2.38. The molecule has 0 aliphatic carbocycles. The second-order valence-electron chi connectivity index (χ2n) is 7.06. The van der Waals surface area contributed by atoms with Crippen LogP contribution in [0.5, 0.6) is 5.75 Å². The third kappa shape index (κ3) is 4.65. The quantitative estimate of drug-likeness (QED) is 0.581. The van der Waals surface area contributed by atoms with Crippen molar-refractivity contribution >= 4 is 10.0 Å². The van der Waals surface area contributed by atoms with E-state index in [9.17, 15) is 8.42 Å². The molecule has 2 aromatic heterocycles. The third-order valence-electron chi connectivity index (χ3n) is 4.71. The molecular formula is C19H23N5O4S. The average molecular weight is 417 g/mol. The number of nitrogens with zero attached hydrogens (tertiary/aromatic N) is 5. The number of aryl methyl sites for hydroxylation is 1. The Morgan fingerprint density at radius 2 is 2.03 bits per heavy atom. The summed E-state index contributed by atoms with van der Waals surface area (Å²) < 4.78 is 39.4. The van der Waals surface area contributed by atoms with Crippen molar-refractivity contribution in [3.63, 3.8) is 0 Å². The van der Waals surface area contributed by atoms with Crippen molar-refractivity contribution in [3.05, 3.63) is 54.1 Å². The Kier molecular flexibility index (Phi) is 5.63. The Labute approximate surface area is 169 Å². The van der Waals surface area contributed by atoms with Crippen LogP contribution in [0.2, 0.25) is 0 Å². The molecule has 0 spiro atoms. The van der Waals surface area contributed by atoms with Gasteiger partial charge < -0.3 is 13.8 Å². The van der Waals surface area contributed by atoms with E-state index < -0.39 is 10.0 Å². The Hall–Kier alpha value is -2.72. The number of rotatable bonds is 7. The minimum absolute atomic E-state index is 0.0471. The van der Waals surface area contributed by atoms with Gasteiger partial charge in [-0.15, -0.1) is 0 Å². The Morgan fingerprint density at radius 3 is 2.83 bits per heavy atom. The molecule has 0 amide bonds. The van der Waals surface area contributed by atoms with Crippen molar-refractivity contribution in [2.45, 2.75) is 44.4 Å². The van der Waals surface area contributed by atoms with Crippen LogP contribution in [-0.4, -0.2) is 45.5 Å². The first-order valence-electron chi connectivity index (χ1n) is 9.53. The van der Waals surface area contributed by atoms with Gasteiger partial charge in [0.05, 0.1) is 12.9 Å². The van der Waals surface area contributed by atoms with Crippen molar-refractivity contribution in [2.24, 2.45) is 0 Å². The van der Waals surface area contributed by atoms with Gasteiger partial charge in [-0.2, -0.15) is 9.29 Å². The molecular weight excluding hydrogens is 394 g/mol. The molecule has 3 heterocycles. The molecule has 1 aliphatic heterocycles. The van der Waals surface area contributed by atoms with Crippen molar-refractivity contribution < 1.29 is 17.7 Å². The molecule has 0 N–H and O–H groups in total. The molecule has 0 unspecified atom stereocenters. The first kappa shape index (κ1) is 19.6. The molecule has 1 fully saturated rings. The summed E-state index contributed by atoms with van der Waals surface area (Å²) in [6.07, 6.45) is 5.81. The number of benzene rings is 1. The van der Waals surface area contributed by atoms with Crippen LogP contribution in [0.25, 0.3) is 0 Å². The first-order chi connectivity index (χ1) is 14.0. The summed E-state index contributed by atoms with van der Waals surface area (Å²) in [5.41, 5.74) is 1.10. The van der Waals surface area contributed by atoms with Crippen LogP contribution in [0.4, 0.5) is 0 Å². The lowest BCUT2D eigenvalue weighted by Gasteiger charge is -2.24. The summed E-state index contributed by atoms with van der Waals surface area (Å²) in [7, 11) is -3.55. The van der Waals surface area contributed by atoms with Gasteiger partial charge in [0, 0.05) is 19.3 Å². The van der Waals surface area contributed by atoms with Gasteiger partial charge in [0.25, 0.3) is 15.9 Å². The fourth-order valence-corrected chi connectivity index (χ4v) is 4.68. The molecule has 4 rings (SSSR count). The SMILES string of the molecule is Cc1cccc(OCc2nc(Cn3cnc(S(=O)(=O)N4CCCCC4)c3)no2)c1. The third-order valence-corrected chi connectivity index (χ3v) is 6.50. The topological polar surface area (TPSA) is 103 Å². The van der Waals surface area contributed by atoms with E-state index in [0.717, 1.165) is 30.6 Å². The lowest BCUT2D eigenvalue weighted by atomic mass is 10.2. The minimum atomic E-state index is -3.55. The minimum Gasteiger partial charge on any atom is -0.484 e. The molecule has 0 bridgehead atoms. The summed E-state index contributed by atoms with van der Waals surface area (Å²) in [5.74, 6) is 1.50. The fraction of sp³-hybridized carbons (Fsp3) is 0.421. The molecule has 10 heteroatoms. The lowest BCUT2D eigenvalue weighted by molar-refractivity contribution is 0.242. The van der Waals surface area contributed by atoms with Gasteiger partial charge in [0.1, 0.15) is 5.75 Å². The van der Waals surface area contributed by atoms with E-state index in [4.69, 9.17) is 9.26 Å². The smallest absolute Gasteiger partial charge is 0.264 e. The first-order valence-corrected chi connectivity index (χ1v) is 11.0. The highest BCUT2D eigenvalue weighted by Gasteiger charge is 2.28. The number of imidazole rings is 1. The van der Waals surface area contributed by atoms with Gasteiger partial charge in [-0.1, -0.05) is 23.7 Å². The molecule has 0 atom stereocenters. The maximum atomic E-state index is 12.7. The lowest BCUT2D eigenvalue weighted by Crippen LogP contribution is -2.35. The molecule has 1 aromatic carbocycles. The zero-order chi connectivity index (χ0) is 20.3. The number of ether oxygens (including phenoxy) is 1. The Morgan fingerprint density at radius 1 is 1.21 bits per heavy atom. The number of aromatic nitrogens is 4. The summed E-state index contributed by atoms with van der Waals surface area (Å²) >= 11 is 0. The monoisotopic (exact) mass is 417 g/mol. The highest BCUT2D eigenvalue weighted by atomic mass is 32.2. The second-order valence-corrected chi connectivity index (χ2v) is 8.94. The molecule has 3 aromatic rings. The van der Waals surface area contributed by atoms with Crippen LogP contribution < -0.4 is 4.74 Å². The van der Waals surface area contributed by atoms with Gasteiger partial charge in [0.15, 0.2) is 17.5 Å². The van der Waals surface area contributed by atoms with E-state index in [1.165, 1.54) is 16.8 Å². The standard InChI is InChI=1S/C19H23N5O4S/c1-15-6-5-7-16(10-15)27-13-18-21-17(22-28-18)11-23-12-19(20-14-23)29(25,26)24-8-3-2-4-9-24/h5-7,10,12,14H,2-4,8-9,11,13H2,1H3. The van der Waals surface area contributed by atoms with Crippen molar-refractivity contribution in [1.29, 1.82) is 0 Å². The molecule has 0 saturated carbocycles. The Bertz CT molecular complexity index is 1070. The second kappa shape index (κ2) is 8.34. The summed E-state index contributed by atoms with van der Waals surface area (Å²) in [5, 5.41) is 3.98. The van der Waals surface area contributed by atoms with Crippen LogP contribution in [0.15, 0.2) is 46.3 Å². The van der Waals surface area contributed by atoms with Gasteiger partial charge in [-0.25, -0.2) is 13.4 Å². The maximum Gasteiger partial charge on any atom is 0.264 e. The van der Waals surface area contributed by atoms with Crippen LogP contribution in [0.1, 0.15) is 36.5 Å². The zero-order valence-electron chi connectivity index (χ0n) is 16.2. The van der Waals surface area contributed by atoms with Gasteiger partial charge >= 0.3 is 0 Å². The number of hydrogen-bond donors (Lipinski definition) is 0. The Balaban J connectivity index is 1.38. The van der Waals surface area contributed by atoms with Gasteiger partial charge in [0.2, 0.25) is 0 Å². The maximum absolute atomic E-state index is 12.7. The molecule has 154 valence electrons. The fourth-order valence-electron chi connectivity index (χ4n) is 3.22. The molecule has 1 saturated heterocycles. The molecule has 1 aliphatic rings. The van der Waals surface area contributed by atoms with Crippen LogP contribution in [0, 0.1) is 6.92 Å². The van der Waals surface area contributed by atoms with Gasteiger partial charge in [-0.05, 0) is 37.5 Å². The molecule has 0 radical (unpaired) electrons. The van der Waals surface area contributed by atoms with E-state index in [1.54, 1.807) is 4.57 Å². The predicted molar refractivity (Wildman–Crippen MR) is 104 cm³/mol. The highest BCUT2D eigenvalue weighted by molar-refractivity contribution is 7.89. The molecule has 29 heavy (non-hydrogen) atoms. The highest BCUT2D eigenvalue weighted by Crippen LogP contribution is 2.19.